The van der Waals surface area contributed by atoms with Gasteiger partial charge >= 0.3 is 0 Å². The highest BCUT2D eigenvalue weighted by atomic mass is 16.2. The van der Waals surface area contributed by atoms with E-state index < -0.39 is 0 Å². The van der Waals surface area contributed by atoms with E-state index in [0.717, 1.165) is 43.0 Å². The second kappa shape index (κ2) is 7.47. The van der Waals surface area contributed by atoms with Crippen molar-refractivity contribution in [2.24, 2.45) is 0 Å². The highest BCUT2D eigenvalue weighted by Crippen LogP contribution is 2.33. The third-order valence-corrected chi connectivity index (χ3v) is 4.68. The summed E-state index contributed by atoms with van der Waals surface area (Å²) in [5, 5.41) is 3.07. The van der Waals surface area contributed by atoms with Gasteiger partial charge in [-0.15, -0.1) is 0 Å². The molecule has 1 N–H and O–H groups in total. The molecular weight excluding hydrogens is 302 g/mol. The smallest absolute Gasteiger partial charge is 0.224 e. The Morgan fingerprint density at radius 3 is 3.04 bits per heavy atom. The van der Waals surface area contributed by atoms with Crippen LogP contribution in [0.3, 0.4) is 0 Å². The number of amides is 1. The van der Waals surface area contributed by atoms with Crippen LogP contribution in [0.2, 0.25) is 0 Å². The van der Waals surface area contributed by atoms with Gasteiger partial charge in [0.05, 0.1) is 6.04 Å². The molecule has 3 heterocycles. The SMILES string of the molecule is CCc1nccn1CCC(=O)N1CCCC1c1ccnc(NC)c1. The van der Waals surface area contributed by atoms with E-state index in [0.29, 0.717) is 13.0 Å². The lowest BCUT2D eigenvalue weighted by Gasteiger charge is -2.25. The van der Waals surface area contributed by atoms with Gasteiger partial charge in [-0.05, 0) is 30.5 Å². The molecule has 24 heavy (non-hydrogen) atoms. The number of carbonyl (C=O) groups excluding carboxylic acids is 1. The number of aryl methyl sites for hydroxylation is 2. The van der Waals surface area contributed by atoms with Crippen LogP contribution in [0.1, 0.15) is 43.6 Å². The first-order chi connectivity index (χ1) is 11.7. The molecule has 1 aliphatic rings. The highest BCUT2D eigenvalue weighted by Gasteiger charge is 2.29. The van der Waals surface area contributed by atoms with Gasteiger partial charge in [0.1, 0.15) is 11.6 Å². The maximum atomic E-state index is 12.7. The van der Waals surface area contributed by atoms with Crippen molar-refractivity contribution < 1.29 is 4.79 Å². The number of nitrogens with zero attached hydrogens (tertiary/aromatic N) is 4. The summed E-state index contributed by atoms with van der Waals surface area (Å²) in [5.74, 6) is 2.10. The van der Waals surface area contributed by atoms with Gasteiger partial charge < -0.3 is 14.8 Å². The van der Waals surface area contributed by atoms with E-state index in [1.807, 2.05) is 30.3 Å². The molecule has 1 aliphatic heterocycles. The van der Waals surface area contributed by atoms with E-state index in [-0.39, 0.29) is 11.9 Å². The predicted molar refractivity (Wildman–Crippen MR) is 93.7 cm³/mol. The molecule has 0 bridgehead atoms. The van der Waals surface area contributed by atoms with Crippen molar-refractivity contribution >= 4 is 11.7 Å². The van der Waals surface area contributed by atoms with E-state index in [1.165, 1.54) is 0 Å². The van der Waals surface area contributed by atoms with Crippen molar-refractivity contribution in [1.82, 2.24) is 19.4 Å². The summed E-state index contributed by atoms with van der Waals surface area (Å²) in [7, 11) is 1.86. The average Bonchev–Trinajstić information content (AvgIpc) is 3.28. The molecule has 1 saturated heterocycles. The van der Waals surface area contributed by atoms with Gasteiger partial charge in [-0.2, -0.15) is 0 Å². The number of anilines is 1. The van der Waals surface area contributed by atoms with Gasteiger partial charge in [0.15, 0.2) is 0 Å². The Morgan fingerprint density at radius 2 is 2.25 bits per heavy atom. The first kappa shape index (κ1) is 16.5. The van der Waals surface area contributed by atoms with Gasteiger partial charge in [0.25, 0.3) is 0 Å². The fourth-order valence-electron chi connectivity index (χ4n) is 3.42. The average molecular weight is 327 g/mol. The molecule has 1 unspecified atom stereocenters. The van der Waals surface area contributed by atoms with Crippen LogP contribution in [-0.4, -0.2) is 38.9 Å². The minimum Gasteiger partial charge on any atom is -0.373 e. The van der Waals surface area contributed by atoms with Crippen molar-refractivity contribution in [2.75, 3.05) is 18.9 Å². The molecule has 2 aromatic heterocycles. The van der Waals surface area contributed by atoms with E-state index >= 15 is 0 Å². The molecule has 0 aliphatic carbocycles. The summed E-state index contributed by atoms with van der Waals surface area (Å²) in [6, 6.07) is 4.23. The van der Waals surface area contributed by atoms with Gasteiger partial charge in [0, 0.05) is 51.6 Å². The van der Waals surface area contributed by atoms with E-state index in [2.05, 4.69) is 26.8 Å². The van der Waals surface area contributed by atoms with Crippen LogP contribution in [0.25, 0.3) is 0 Å². The summed E-state index contributed by atoms with van der Waals surface area (Å²) in [6.45, 7) is 3.62. The number of hydrogen-bond acceptors (Lipinski definition) is 4. The largest absolute Gasteiger partial charge is 0.373 e. The molecule has 1 amide bonds. The first-order valence-electron chi connectivity index (χ1n) is 8.66. The minimum atomic E-state index is 0.168. The van der Waals surface area contributed by atoms with Crippen LogP contribution in [-0.2, 0) is 17.8 Å². The van der Waals surface area contributed by atoms with Crippen LogP contribution in [0.15, 0.2) is 30.7 Å². The van der Waals surface area contributed by atoms with Crippen LogP contribution < -0.4 is 5.32 Å². The number of pyridine rings is 1. The molecule has 0 aromatic carbocycles. The Labute approximate surface area is 142 Å². The number of likely N-dealkylation sites (tertiary alicyclic amines) is 1. The minimum absolute atomic E-state index is 0.168. The Morgan fingerprint density at radius 1 is 1.38 bits per heavy atom. The van der Waals surface area contributed by atoms with E-state index in [4.69, 9.17) is 0 Å². The standard InChI is InChI=1S/C18H25N5O/c1-3-17-21-9-12-22(17)11-7-18(24)23-10-4-5-15(23)14-6-8-20-16(13-14)19-2/h6,8-9,12-13,15H,3-5,7,10-11H2,1-2H3,(H,19,20). The summed E-state index contributed by atoms with van der Waals surface area (Å²) in [6.07, 6.45) is 9.04. The second-order valence-electron chi connectivity index (χ2n) is 6.11. The number of rotatable bonds is 6. The lowest BCUT2D eigenvalue weighted by atomic mass is 10.1. The fourth-order valence-corrected chi connectivity index (χ4v) is 3.42. The molecule has 0 spiro atoms. The van der Waals surface area contributed by atoms with E-state index in [1.54, 1.807) is 12.4 Å². The third-order valence-electron chi connectivity index (χ3n) is 4.68. The Bertz CT molecular complexity index is 696. The fraction of sp³-hybridized carbons (Fsp3) is 0.500. The predicted octanol–water partition coefficient (Wildman–Crippen LogP) is 2.64. The van der Waals surface area contributed by atoms with E-state index in [9.17, 15) is 4.79 Å². The normalized spacial score (nSPS) is 17.2. The zero-order chi connectivity index (χ0) is 16.9. The molecule has 1 atom stereocenters. The second-order valence-corrected chi connectivity index (χ2v) is 6.11. The van der Waals surface area contributed by atoms with Crippen LogP contribution in [0.4, 0.5) is 5.82 Å². The van der Waals surface area contributed by atoms with Crippen molar-refractivity contribution in [3.05, 3.63) is 42.1 Å². The van der Waals surface area contributed by atoms with Crippen molar-refractivity contribution in [1.29, 1.82) is 0 Å². The Hall–Kier alpha value is -2.37. The lowest BCUT2D eigenvalue weighted by molar-refractivity contribution is -0.132. The molecule has 3 rings (SSSR count). The summed E-state index contributed by atoms with van der Waals surface area (Å²) < 4.78 is 2.08. The van der Waals surface area contributed by atoms with Gasteiger partial charge in [-0.3, -0.25) is 4.79 Å². The summed E-state index contributed by atoms with van der Waals surface area (Å²) in [4.78, 5) is 23.3. The quantitative estimate of drug-likeness (QED) is 0.886. The topological polar surface area (TPSA) is 63.1 Å². The lowest BCUT2D eigenvalue weighted by Crippen LogP contribution is -2.31. The number of carbonyl (C=O) groups is 1. The maximum absolute atomic E-state index is 12.7. The van der Waals surface area contributed by atoms with Crippen LogP contribution >= 0.6 is 0 Å². The zero-order valence-electron chi connectivity index (χ0n) is 14.4. The van der Waals surface area contributed by atoms with Crippen molar-refractivity contribution in [2.45, 2.75) is 45.2 Å². The van der Waals surface area contributed by atoms with Crippen molar-refractivity contribution in [3.8, 4) is 0 Å². The molecular formula is C18H25N5O. The molecule has 0 saturated carbocycles. The number of imidazole rings is 1. The van der Waals surface area contributed by atoms with Gasteiger partial charge in [0.2, 0.25) is 5.91 Å². The third kappa shape index (κ3) is 3.42. The molecule has 1 fully saturated rings. The summed E-state index contributed by atoms with van der Waals surface area (Å²) >= 11 is 0. The molecule has 0 radical (unpaired) electrons. The van der Waals surface area contributed by atoms with Crippen LogP contribution in [0, 0.1) is 0 Å². The molecule has 128 valence electrons. The highest BCUT2D eigenvalue weighted by molar-refractivity contribution is 5.77. The van der Waals surface area contributed by atoms with Crippen LogP contribution in [0.5, 0.6) is 0 Å². The molecule has 6 nitrogen and oxygen atoms in total. The van der Waals surface area contributed by atoms with Crippen molar-refractivity contribution in [3.63, 3.8) is 0 Å². The molecule has 2 aromatic rings. The number of nitrogens with one attached hydrogen (secondary N) is 1. The van der Waals surface area contributed by atoms with Gasteiger partial charge in [-0.1, -0.05) is 6.92 Å². The Kier molecular flexibility index (Phi) is 5.13. The maximum Gasteiger partial charge on any atom is 0.224 e. The van der Waals surface area contributed by atoms with Gasteiger partial charge in [-0.25, -0.2) is 9.97 Å². The number of aromatic nitrogens is 3. The Balaban J connectivity index is 1.67. The zero-order valence-corrected chi connectivity index (χ0v) is 14.4. The first-order valence-corrected chi connectivity index (χ1v) is 8.66. The monoisotopic (exact) mass is 327 g/mol. The molecule has 6 heteroatoms. The number of hydrogen-bond donors (Lipinski definition) is 1. The summed E-state index contributed by atoms with van der Waals surface area (Å²) in [5.41, 5.74) is 1.16.